The van der Waals surface area contributed by atoms with Gasteiger partial charge in [-0.05, 0) is 56.2 Å². The number of nitrogens with one attached hydrogen (secondary N) is 1. The smallest absolute Gasteiger partial charge is 0.246 e. The monoisotopic (exact) mass is 445 g/mol. The standard InChI is InChI=1S/C21H21BrFN3O2/c1-14-4-2-6-19(24-14)25-21(28)16-5-3-11-26(13-16)20(27)10-7-15-12-17(22)8-9-18(15)23/h2,4,6-10,12,16H,3,5,11,13H2,1H3,(H,24,25,28). The summed E-state index contributed by atoms with van der Waals surface area (Å²) in [6.45, 7) is 2.77. The van der Waals surface area contributed by atoms with Crippen LogP contribution in [-0.2, 0) is 9.59 Å². The van der Waals surface area contributed by atoms with Crippen molar-refractivity contribution >= 4 is 39.6 Å². The summed E-state index contributed by atoms with van der Waals surface area (Å²) in [6, 6.07) is 9.99. The van der Waals surface area contributed by atoms with Crippen LogP contribution < -0.4 is 5.32 Å². The van der Waals surface area contributed by atoms with Crippen LogP contribution in [0.4, 0.5) is 10.2 Å². The maximum Gasteiger partial charge on any atom is 0.246 e. The topological polar surface area (TPSA) is 62.3 Å². The maximum atomic E-state index is 13.8. The molecule has 1 N–H and O–H groups in total. The molecule has 1 atom stereocenters. The van der Waals surface area contributed by atoms with Crippen LogP contribution in [0.25, 0.3) is 6.08 Å². The number of amides is 2. The zero-order valence-electron chi connectivity index (χ0n) is 15.5. The van der Waals surface area contributed by atoms with Crippen LogP contribution in [0, 0.1) is 18.7 Å². The fraction of sp³-hybridized carbons (Fsp3) is 0.286. The number of carbonyl (C=O) groups excluding carboxylic acids is 2. The van der Waals surface area contributed by atoms with Gasteiger partial charge in [0.25, 0.3) is 0 Å². The number of aromatic nitrogens is 1. The highest BCUT2D eigenvalue weighted by Crippen LogP contribution is 2.20. The number of pyridine rings is 1. The van der Waals surface area contributed by atoms with E-state index in [2.05, 4.69) is 26.2 Å². The Balaban J connectivity index is 1.62. The highest BCUT2D eigenvalue weighted by molar-refractivity contribution is 9.10. The predicted octanol–water partition coefficient (Wildman–Crippen LogP) is 4.18. The van der Waals surface area contributed by atoms with E-state index in [1.54, 1.807) is 23.1 Å². The fourth-order valence-electron chi connectivity index (χ4n) is 3.14. The van der Waals surface area contributed by atoms with Crippen LogP contribution >= 0.6 is 15.9 Å². The van der Waals surface area contributed by atoms with Crippen LogP contribution in [0.3, 0.4) is 0 Å². The molecule has 1 unspecified atom stereocenters. The number of aryl methyl sites for hydroxylation is 1. The number of rotatable bonds is 4. The summed E-state index contributed by atoms with van der Waals surface area (Å²) in [5.74, 6) is -0.550. The molecule has 2 aromatic rings. The molecule has 0 radical (unpaired) electrons. The number of carbonyl (C=O) groups is 2. The number of piperidine rings is 1. The van der Waals surface area contributed by atoms with E-state index in [4.69, 9.17) is 0 Å². The second kappa shape index (κ2) is 9.10. The number of halogens is 2. The van der Waals surface area contributed by atoms with E-state index in [9.17, 15) is 14.0 Å². The Bertz CT molecular complexity index is 916. The van der Waals surface area contributed by atoms with E-state index in [-0.39, 0.29) is 17.7 Å². The average Bonchev–Trinajstić information content (AvgIpc) is 2.68. The Morgan fingerprint density at radius 3 is 2.93 bits per heavy atom. The summed E-state index contributed by atoms with van der Waals surface area (Å²) in [5, 5.41) is 2.82. The zero-order valence-corrected chi connectivity index (χ0v) is 17.1. The first-order valence-corrected chi connectivity index (χ1v) is 9.88. The predicted molar refractivity (Wildman–Crippen MR) is 110 cm³/mol. The van der Waals surface area contributed by atoms with Crippen LogP contribution in [-0.4, -0.2) is 34.8 Å². The van der Waals surface area contributed by atoms with Crippen LogP contribution in [0.15, 0.2) is 46.9 Å². The summed E-state index contributed by atoms with van der Waals surface area (Å²) in [4.78, 5) is 31.0. The lowest BCUT2D eigenvalue weighted by Crippen LogP contribution is -2.43. The van der Waals surface area contributed by atoms with E-state index in [1.165, 1.54) is 18.2 Å². The van der Waals surface area contributed by atoms with Gasteiger partial charge in [-0.15, -0.1) is 0 Å². The van der Waals surface area contributed by atoms with E-state index in [1.807, 2.05) is 19.1 Å². The number of benzene rings is 1. The van der Waals surface area contributed by atoms with Crippen molar-refractivity contribution in [2.24, 2.45) is 5.92 Å². The van der Waals surface area contributed by atoms with Gasteiger partial charge in [0.05, 0.1) is 5.92 Å². The number of hydrogen-bond acceptors (Lipinski definition) is 3. The molecule has 0 spiro atoms. The van der Waals surface area contributed by atoms with E-state index in [0.717, 1.165) is 16.6 Å². The number of anilines is 1. The van der Waals surface area contributed by atoms with E-state index in [0.29, 0.717) is 30.9 Å². The summed E-state index contributed by atoms with van der Waals surface area (Å²) in [7, 11) is 0. The lowest BCUT2D eigenvalue weighted by Gasteiger charge is -2.31. The highest BCUT2D eigenvalue weighted by Gasteiger charge is 2.27. The average molecular weight is 446 g/mol. The molecule has 7 heteroatoms. The van der Waals surface area contributed by atoms with Gasteiger partial charge in [0.2, 0.25) is 11.8 Å². The fourth-order valence-corrected chi connectivity index (χ4v) is 3.52. The molecule has 1 fully saturated rings. The first-order chi connectivity index (χ1) is 13.4. The molecular formula is C21H21BrFN3O2. The molecule has 5 nitrogen and oxygen atoms in total. The maximum absolute atomic E-state index is 13.8. The third kappa shape index (κ3) is 5.25. The van der Waals surface area contributed by atoms with Gasteiger partial charge in [-0.25, -0.2) is 9.37 Å². The second-order valence-corrected chi connectivity index (χ2v) is 7.69. The normalized spacial score (nSPS) is 17.0. The molecular weight excluding hydrogens is 425 g/mol. The van der Waals surface area contributed by atoms with Crippen LogP contribution in [0.1, 0.15) is 24.1 Å². The minimum Gasteiger partial charge on any atom is -0.338 e. The Kier molecular flexibility index (Phi) is 6.57. The zero-order chi connectivity index (χ0) is 20.1. The van der Waals surface area contributed by atoms with Crippen LogP contribution in [0.2, 0.25) is 0 Å². The van der Waals surface area contributed by atoms with Crippen molar-refractivity contribution in [3.63, 3.8) is 0 Å². The van der Waals surface area contributed by atoms with Crippen molar-refractivity contribution < 1.29 is 14.0 Å². The van der Waals surface area contributed by atoms with Crippen molar-refractivity contribution in [2.45, 2.75) is 19.8 Å². The van der Waals surface area contributed by atoms with Gasteiger partial charge < -0.3 is 10.2 Å². The number of nitrogens with zero attached hydrogens (tertiary/aromatic N) is 2. The molecule has 1 saturated heterocycles. The minimum atomic E-state index is -0.395. The summed E-state index contributed by atoms with van der Waals surface area (Å²) in [5.41, 5.74) is 1.16. The van der Waals surface area contributed by atoms with Crippen molar-refractivity contribution in [2.75, 3.05) is 18.4 Å². The molecule has 0 saturated carbocycles. The molecule has 3 rings (SSSR count). The van der Waals surface area contributed by atoms with Gasteiger partial charge in [-0.3, -0.25) is 9.59 Å². The SMILES string of the molecule is Cc1cccc(NC(=O)C2CCCN(C(=O)C=Cc3cc(Br)ccc3F)C2)n1. The van der Waals surface area contributed by atoms with Gasteiger partial charge in [0.15, 0.2) is 0 Å². The quantitative estimate of drug-likeness (QED) is 0.717. The lowest BCUT2D eigenvalue weighted by atomic mass is 9.97. The second-order valence-electron chi connectivity index (χ2n) is 6.78. The van der Waals surface area contributed by atoms with Crippen LogP contribution in [0.5, 0.6) is 0 Å². The van der Waals surface area contributed by atoms with E-state index < -0.39 is 5.82 Å². The third-order valence-corrected chi connectivity index (χ3v) is 5.10. The molecule has 1 aromatic heterocycles. The summed E-state index contributed by atoms with van der Waals surface area (Å²) in [6.07, 6.45) is 4.27. The largest absolute Gasteiger partial charge is 0.338 e. The highest BCUT2D eigenvalue weighted by atomic mass is 79.9. The van der Waals surface area contributed by atoms with Crippen molar-refractivity contribution in [1.82, 2.24) is 9.88 Å². The molecule has 0 bridgehead atoms. The van der Waals surface area contributed by atoms with Gasteiger partial charge in [-0.2, -0.15) is 0 Å². The third-order valence-electron chi connectivity index (χ3n) is 4.61. The number of hydrogen-bond donors (Lipinski definition) is 1. The van der Waals surface area contributed by atoms with Crippen molar-refractivity contribution in [3.8, 4) is 0 Å². The van der Waals surface area contributed by atoms with Crippen molar-refractivity contribution in [3.05, 3.63) is 64.0 Å². The molecule has 28 heavy (non-hydrogen) atoms. The number of likely N-dealkylation sites (tertiary alicyclic amines) is 1. The van der Waals surface area contributed by atoms with Crippen molar-refractivity contribution in [1.29, 1.82) is 0 Å². The first-order valence-electron chi connectivity index (χ1n) is 9.09. The minimum absolute atomic E-state index is 0.141. The Morgan fingerprint density at radius 1 is 1.32 bits per heavy atom. The molecule has 146 valence electrons. The lowest BCUT2D eigenvalue weighted by molar-refractivity contribution is -0.130. The molecule has 2 heterocycles. The summed E-state index contributed by atoms with van der Waals surface area (Å²) < 4.78 is 14.5. The van der Waals surface area contributed by atoms with E-state index >= 15 is 0 Å². The molecule has 1 aliphatic rings. The molecule has 2 amide bonds. The Hall–Kier alpha value is -2.54. The molecule has 1 aliphatic heterocycles. The summed E-state index contributed by atoms with van der Waals surface area (Å²) >= 11 is 3.29. The molecule has 1 aromatic carbocycles. The van der Waals surface area contributed by atoms with Gasteiger partial charge in [0, 0.05) is 34.9 Å². The van der Waals surface area contributed by atoms with Gasteiger partial charge >= 0.3 is 0 Å². The van der Waals surface area contributed by atoms with Gasteiger partial charge in [0.1, 0.15) is 11.6 Å². The molecule has 0 aliphatic carbocycles. The Morgan fingerprint density at radius 2 is 2.14 bits per heavy atom. The van der Waals surface area contributed by atoms with Gasteiger partial charge in [-0.1, -0.05) is 22.0 Å². The Labute approximate surface area is 171 Å². The first kappa shape index (κ1) is 20.2.